The van der Waals surface area contributed by atoms with Gasteiger partial charge in [0.05, 0.1) is 6.54 Å². The van der Waals surface area contributed by atoms with Crippen LogP contribution in [0.5, 0.6) is 0 Å². The quantitative estimate of drug-likeness (QED) is 0.103. The number of rotatable bonds is 6. The summed E-state index contributed by atoms with van der Waals surface area (Å²) in [6.07, 6.45) is 0. The predicted octanol–water partition coefficient (Wildman–Crippen LogP) is 14.6. The molecule has 0 spiro atoms. The molecule has 10 aromatic carbocycles. The van der Waals surface area contributed by atoms with Gasteiger partial charge in [-0.2, -0.15) is 0 Å². The van der Waals surface area contributed by atoms with Gasteiger partial charge in [0, 0.05) is 38.2 Å². The van der Waals surface area contributed by atoms with Crippen LogP contribution in [-0.2, 0) is 6.54 Å². The van der Waals surface area contributed by atoms with E-state index in [9.17, 15) is 0 Å². The van der Waals surface area contributed by atoms with Gasteiger partial charge < -0.3 is 14.6 Å². The van der Waals surface area contributed by atoms with Crippen LogP contribution in [0.1, 0.15) is 16.7 Å². The van der Waals surface area contributed by atoms with E-state index in [1.807, 2.05) is 54.6 Å². The van der Waals surface area contributed by atoms with Crippen molar-refractivity contribution in [2.45, 2.75) is 6.54 Å². The molecule has 0 saturated carbocycles. The molecule has 12 rings (SSSR count). The average molecular weight is 796 g/mol. The van der Waals surface area contributed by atoms with Crippen molar-refractivity contribution in [2.24, 2.45) is 15.7 Å². The van der Waals surface area contributed by atoms with Crippen LogP contribution in [-0.4, -0.2) is 11.7 Å². The Labute approximate surface area is 356 Å². The monoisotopic (exact) mass is 795 g/mol. The van der Waals surface area contributed by atoms with Gasteiger partial charge in [0.1, 0.15) is 28.2 Å². The van der Waals surface area contributed by atoms with E-state index in [-0.39, 0.29) is 0 Å². The van der Waals surface area contributed by atoms with Crippen LogP contribution in [0.15, 0.2) is 219 Å². The Hall–Kier alpha value is -8.28. The minimum atomic E-state index is 0.371. The molecule has 0 fully saturated rings. The molecule has 0 unspecified atom stereocenters. The lowest BCUT2D eigenvalue weighted by molar-refractivity contribution is 0.668. The third-order valence-corrected chi connectivity index (χ3v) is 12.2. The molecule has 0 aliphatic carbocycles. The Balaban J connectivity index is 0.945. The molecular formula is C57H37N3O2. The van der Waals surface area contributed by atoms with E-state index in [4.69, 9.17) is 24.6 Å². The zero-order chi connectivity index (χ0) is 41.1. The Morgan fingerprint density at radius 2 is 1.05 bits per heavy atom. The third kappa shape index (κ3) is 6.02. The highest BCUT2D eigenvalue weighted by molar-refractivity contribution is 6.21. The van der Waals surface area contributed by atoms with Crippen molar-refractivity contribution in [3.63, 3.8) is 0 Å². The van der Waals surface area contributed by atoms with E-state index in [0.717, 1.165) is 82.8 Å². The van der Waals surface area contributed by atoms with E-state index >= 15 is 0 Å². The Bertz CT molecular complexity index is 3800. The second kappa shape index (κ2) is 14.5. The molecule has 292 valence electrons. The molecule has 0 saturated heterocycles. The number of fused-ring (bicyclic) bond motifs is 10. The molecule has 2 heterocycles. The van der Waals surface area contributed by atoms with Crippen LogP contribution >= 0.6 is 0 Å². The van der Waals surface area contributed by atoms with Crippen molar-refractivity contribution in [2.75, 3.05) is 0 Å². The Morgan fingerprint density at radius 1 is 0.419 bits per heavy atom. The number of furan rings is 2. The van der Waals surface area contributed by atoms with Crippen molar-refractivity contribution in [1.29, 1.82) is 0 Å². The molecule has 5 heteroatoms. The largest absolute Gasteiger partial charge is 0.456 e. The van der Waals surface area contributed by atoms with Crippen LogP contribution in [0.4, 0.5) is 0 Å². The molecule has 62 heavy (non-hydrogen) atoms. The van der Waals surface area contributed by atoms with Gasteiger partial charge in [-0.1, -0.05) is 158 Å². The van der Waals surface area contributed by atoms with Crippen molar-refractivity contribution in [3.8, 4) is 22.3 Å². The molecule has 2 aromatic heterocycles. The lowest BCUT2D eigenvalue weighted by atomic mass is 9.90. The molecule has 5 nitrogen and oxygen atoms in total. The van der Waals surface area contributed by atoms with Gasteiger partial charge in [0.2, 0.25) is 0 Å². The summed E-state index contributed by atoms with van der Waals surface area (Å²) < 4.78 is 13.0. The summed E-state index contributed by atoms with van der Waals surface area (Å²) in [5, 5.41) is 11.5. The van der Waals surface area contributed by atoms with Gasteiger partial charge in [0.15, 0.2) is 5.84 Å². The van der Waals surface area contributed by atoms with Gasteiger partial charge >= 0.3 is 0 Å². The summed E-state index contributed by atoms with van der Waals surface area (Å²) in [5.41, 5.74) is 17.3. The Kier molecular flexibility index (Phi) is 8.32. The summed E-state index contributed by atoms with van der Waals surface area (Å²) in [7, 11) is 0. The molecular weight excluding hydrogens is 759 g/mol. The van der Waals surface area contributed by atoms with Crippen LogP contribution in [0.2, 0.25) is 0 Å². The molecule has 0 amide bonds. The molecule has 0 radical (unpaired) electrons. The SMILES string of the molecule is NC(=NC(=NCc1ccc2ccccc2c1)c1ccc2c(c1)oc1ccccc12)c1ccc(-c2ccc(-c3cc4ccccc4c4ccccc34)c3oc4ccccc4c23)cc1. The second-order valence-electron chi connectivity index (χ2n) is 15.9. The number of para-hydroxylation sites is 2. The first-order valence-corrected chi connectivity index (χ1v) is 20.9. The van der Waals surface area contributed by atoms with Crippen molar-refractivity contribution < 1.29 is 8.83 Å². The van der Waals surface area contributed by atoms with Gasteiger partial charge in [-0.3, -0.25) is 4.99 Å². The lowest BCUT2D eigenvalue weighted by Crippen LogP contribution is -2.16. The number of amidine groups is 2. The number of benzene rings is 10. The third-order valence-electron chi connectivity index (χ3n) is 12.2. The highest BCUT2D eigenvalue weighted by atomic mass is 16.3. The summed E-state index contributed by atoms with van der Waals surface area (Å²) in [6.45, 7) is 0.438. The zero-order valence-electron chi connectivity index (χ0n) is 33.5. The second-order valence-corrected chi connectivity index (χ2v) is 15.9. The van der Waals surface area contributed by atoms with Crippen LogP contribution in [0, 0.1) is 0 Å². The van der Waals surface area contributed by atoms with E-state index in [1.54, 1.807) is 0 Å². The van der Waals surface area contributed by atoms with E-state index in [2.05, 4.69) is 146 Å². The van der Waals surface area contributed by atoms with E-state index < -0.39 is 0 Å². The van der Waals surface area contributed by atoms with Crippen LogP contribution < -0.4 is 5.73 Å². The number of nitrogens with zero attached hydrogens (tertiary/aromatic N) is 2. The number of hydrogen-bond donors (Lipinski definition) is 1. The fraction of sp³-hybridized carbons (Fsp3) is 0.0175. The standard InChI is InChI=1S/C57H37N3O2/c58-56(60-57(59-34-35-21-22-36-11-1-2-12-39(36)31-35)41-27-28-47-46-17-7-9-19-51(46)61-53(47)33-41)38-25-23-37(24-26-38)43-29-30-48(55-54(43)49-18-8-10-20-52(49)62-55)50-32-40-13-3-4-14-42(40)44-15-5-6-16-45(44)50/h1-33H,34H2,(H2,58,59,60). The highest BCUT2D eigenvalue weighted by Crippen LogP contribution is 2.44. The van der Waals surface area contributed by atoms with E-state index in [0.29, 0.717) is 18.2 Å². The molecule has 0 aliphatic rings. The average Bonchev–Trinajstić information content (AvgIpc) is 3.91. The first-order valence-electron chi connectivity index (χ1n) is 20.9. The minimum absolute atomic E-state index is 0.371. The first kappa shape index (κ1) is 35.6. The summed E-state index contributed by atoms with van der Waals surface area (Å²) in [6, 6.07) is 69.6. The van der Waals surface area contributed by atoms with Crippen LogP contribution in [0.3, 0.4) is 0 Å². The predicted molar refractivity (Wildman–Crippen MR) is 258 cm³/mol. The van der Waals surface area contributed by atoms with Gasteiger partial charge in [0.25, 0.3) is 0 Å². The fourth-order valence-corrected chi connectivity index (χ4v) is 9.12. The molecule has 12 aromatic rings. The summed E-state index contributed by atoms with van der Waals surface area (Å²) in [4.78, 5) is 10.1. The molecule has 0 bridgehead atoms. The normalized spacial score (nSPS) is 12.5. The Morgan fingerprint density at radius 3 is 1.87 bits per heavy atom. The van der Waals surface area contributed by atoms with Gasteiger partial charge in [-0.15, -0.1) is 0 Å². The smallest absolute Gasteiger partial charge is 0.157 e. The van der Waals surface area contributed by atoms with Gasteiger partial charge in [-0.05, 0) is 97.0 Å². The maximum absolute atomic E-state index is 6.89. The molecule has 2 N–H and O–H groups in total. The maximum Gasteiger partial charge on any atom is 0.157 e. The minimum Gasteiger partial charge on any atom is -0.456 e. The zero-order valence-corrected chi connectivity index (χ0v) is 33.5. The summed E-state index contributed by atoms with van der Waals surface area (Å²) >= 11 is 0. The fourth-order valence-electron chi connectivity index (χ4n) is 9.12. The van der Waals surface area contributed by atoms with Gasteiger partial charge in [-0.25, -0.2) is 4.99 Å². The topological polar surface area (TPSA) is 77.0 Å². The first-order chi connectivity index (χ1) is 30.6. The maximum atomic E-state index is 6.89. The van der Waals surface area contributed by atoms with Crippen molar-refractivity contribution in [3.05, 3.63) is 217 Å². The number of aliphatic imine (C=N–C) groups is 2. The lowest BCUT2D eigenvalue weighted by Gasteiger charge is -2.13. The highest BCUT2D eigenvalue weighted by Gasteiger charge is 2.20. The number of nitrogens with two attached hydrogens (primary N) is 1. The summed E-state index contributed by atoms with van der Waals surface area (Å²) in [5.74, 6) is 0.904. The van der Waals surface area contributed by atoms with Crippen molar-refractivity contribution in [1.82, 2.24) is 0 Å². The molecule has 0 atom stereocenters. The molecule has 0 aliphatic heterocycles. The van der Waals surface area contributed by atoms with E-state index in [1.165, 1.54) is 32.3 Å². The van der Waals surface area contributed by atoms with Crippen LogP contribution in [0.25, 0.3) is 98.4 Å². The van der Waals surface area contributed by atoms with Crippen molar-refractivity contribution >= 4 is 87.9 Å². The number of hydrogen-bond acceptors (Lipinski definition) is 3.